The molecule has 0 aliphatic heterocycles. The number of nitrogens with one attached hydrogen (secondary N) is 1. The lowest BCUT2D eigenvalue weighted by molar-refractivity contribution is 0.101. The summed E-state index contributed by atoms with van der Waals surface area (Å²) in [5, 5.41) is 0. The largest absolute Gasteiger partial charge is 0.328 e. The van der Waals surface area contributed by atoms with E-state index in [1.54, 1.807) is 0 Å². The van der Waals surface area contributed by atoms with Crippen molar-refractivity contribution in [3.05, 3.63) is 32.6 Å². The normalized spacial score (nSPS) is 12.8. The van der Waals surface area contributed by atoms with Gasteiger partial charge in [-0.1, -0.05) is 0 Å². The van der Waals surface area contributed by atoms with Crippen molar-refractivity contribution in [3.63, 3.8) is 0 Å². The van der Waals surface area contributed by atoms with Crippen molar-refractivity contribution in [1.29, 1.82) is 0 Å². The zero-order valence-electron chi connectivity index (χ0n) is 10.5. The van der Waals surface area contributed by atoms with Crippen LogP contribution in [0.25, 0.3) is 0 Å². The molecule has 17 heavy (non-hydrogen) atoms. The molecule has 1 rings (SSSR count). The molecule has 0 fully saturated rings. The van der Waals surface area contributed by atoms with E-state index in [0.29, 0.717) is 0 Å². The van der Waals surface area contributed by atoms with Crippen LogP contribution in [0.3, 0.4) is 0 Å². The average Bonchev–Trinajstić information content (AvgIpc) is 2.22. The summed E-state index contributed by atoms with van der Waals surface area (Å²) < 4.78 is 1.06. The van der Waals surface area contributed by atoms with E-state index >= 15 is 0 Å². The lowest BCUT2D eigenvalue weighted by Crippen LogP contribution is -2.42. The number of carbonyl (C=O) groups is 1. The van der Waals surface area contributed by atoms with Gasteiger partial charge >= 0.3 is 5.69 Å². The molecule has 1 N–H and O–H groups in total. The number of aromatic nitrogens is 2. The zero-order valence-corrected chi connectivity index (χ0v) is 10.5. The summed E-state index contributed by atoms with van der Waals surface area (Å²) in [6, 6.07) is 0.0241. The van der Waals surface area contributed by atoms with Crippen LogP contribution < -0.4 is 11.2 Å². The molecular weight excluding hydrogens is 222 g/mol. The van der Waals surface area contributed by atoms with Gasteiger partial charge in [0, 0.05) is 18.8 Å². The number of aromatic amines is 1. The fourth-order valence-electron chi connectivity index (χ4n) is 1.36. The molecule has 0 bridgehead atoms. The Kier molecular flexibility index (Phi) is 4.01. The zero-order chi connectivity index (χ0) is 13.2. The molecule has 1 unspecified atom stereocenters. The number of hydrogen-bond donors (Lipinski definition) is 1. The predicted molar refractivity (Wildman–Crippen MR) is 64.5 cm³/mol. The monoisotopic (exact) mass is 239 g/mol. The smallest absolute Gasteiger partial charge is 0.313 e. The van der Waals surface area contributed by atoms with Gasteiger partial charge < -0.3 is 9.88 Å². The van der Waals surface area contributed by atoms with Gasteiger partial charge in [0.05, 0.1) is 5.56 Å². The van der Waals surface area contributed by atoms with Crippen LogP contribution in [0.15, 0.2) is 15.8 Å². The minimum Gasteiger partial charge on any atom is -0.313 e. The van der Waals surface area contributed by atoms with Crippen molar-refractivity contribution in [3.8, 4) is 0 Å². The van der Waals surface area contributed by atoms with Crippen molar-refractivity contribution < 1.29 is 4.79 Å². The van der Waals surface area contributed by atoms with Crippen LogP contribution in [0, 0.1) is 0 Å². The third-order valence-electron chi connectivity index (χ3n) is 2.77. The topological polar surface area (TPSA) is 75.2 Å². The van der Waals surface area contributed by atoms with E-state index < -0.39 is 11.2 Å². The van der Waals surface area contributed by atoms with Crippen LogP contribution >= 0.6 is 0 Å². The Hall–Kier alpha value is -1.69. The summed E-state index contributed by atoms with van der Waals surface area (Å²) in [5.74, 6) is -0.350. The predicted octanol–water partition coefficient (Wildman–Crippen LogP) is -0.311. The molecule has 0 saturated carbocycles. The van der Waals surface area contributed by atoms with E-state index in [9.17, 15) is 14.4 Å². The van der Waals surface area contributed by atoms with Gasteiger partial charge in [0.2, 0.25) is 0 Å². The summed E-state index contributed by atoms with van der Waals surface area (Å²) in [7, 11) is 3.72. The van der Waals surface area contributed by atoms with Gasteiger partial charge in [-0.15, -0.1) is 0 Å². The molecule has 0 amide bonds. The van der Waals surface area contributed by atoms with Crippen LogP contribution in [0.4, 0.5) is 0 Å². The SMILES string of the molecule is CC(=O)c1c[nH]c(=O)n(CC(C)N(C)C)c1=O. The van der Waals surface area contributed by atoms with Gasteiger partial charge in [-0.2, -0.15) is 0 Å². The Bertz CT molecular complexity index is 527. The summed E-state index contributed by atoms with van der Waals surface area (Å²) >= 11 is 0. The highest BCUT2D eigenvalue weighted by Gasteiger charge is 2.14. The second-order valence-corrected chi connectivity index (χ2v) is 4.29. The van der Waals surface area contributed by atoms with Crippen molar-refractivity contribution in [2.75, 3.05) is 14.1 Å². The maximum Gasteiger partial charge on any atom is 0.328 e. The van der Waals surface area contributed by atoms with Gasteiger partial charge in [0.1, 0.15) is 0 Å². The summed E-state index contributed by atoms with van der Waals surface area (Å²) in [4.78, 5) is 38.9. The lowest BCUT2D eigenvalue weighted by atomic mass is 10.2. The molecule has 6 nitrogen and oxygen atoms in total. The second kappa shape index (κ2) is 5.09. The number of rotatable bonds is 4. The Morgan fingerprint density at radius 2 is 2.06 bits per heavy atom. The van der Waals surface area contributed by atoms with E-state index in [0.717, 1.165) is 4.57 Å². The number of H-pyrrole nitrogens is 1. The molecule has 1 atom stereocenters. The van der Waals surface area contributed by atoms with E-state index in [4.69, 9.17) is 0 Å². The molecule has 1 aromatic heterocycles. The molecule has 94 valence electrons. The van der Waals surface area contributed by atoms with Crippen LogP contribution in [-0.2, 0) is 6.54 Å². The third kappa shape index (κ3) is 2.91. The highest BCUT2D eigenvalue weighted by atomic mass is 16.2. The number of likely N-dealkylation sites (N-methyl/N-ethyl adjacent to an activating group) is 1. The van der Waals surface area contributed by atoms with Crippen molar-refractivity contribution in [1.82, 2.24) is 14.5 Å². The molecule has 6 heteroatoms. The molecule has 1 heterocycles. The van der Waals surface area contributed by atoms with Gasteiger partial charge in [-0.3, -0.25) is 14.2 Å². The van der Waals surface area contributed by atoms with E-state index in [1.165, 1.54) is 13.1 Å². The van der Waals surface area contributed by atoms with Gasteiger partial charge in [-0.25, -0.2) is 4.79 Å². The second-order valence-electron chi connectivity index (χ2n) is 4.29. The Balaban J connectivity index is 3.24. The maximum absolute atomic E-state index is 11.9. The van der Waals surface area contributed by atoms with Gasteiger partial charge in [-0.05, 0) is 27.9 Å². The minimum atomic E-state index is -0.532. The van der Waals surface area contributed by atoms with Crippen LogP contribution in [0.5, 0.6) is 0 Å². The van der Waals surface area contributed by atoms with Crippen LogP contribution in [0.1, 0.15) is 24.2 Å². The Labute approximate surface area is 98.9 Å². The molecule has 0 radical (unpaired) electrons. The van der Waals surface area contributed by atoms with Gasteiger partial charge in [0.25, 0.3) is 5.56 Å². The Morgan fingerprint density at radius 1 is 1.47 bits per heavy atom. The number of nitrogens with zero attached hydrogens (tertiary/aromatic N) is 2. The number of hydrogen-bond acceptors (Lipinski definition) is 4. The van der Waals surface area contributed by atoms with Crippen LogP contribution in [0.2, 0.25) is 0 Å². The van der Waals surface area contributed by atoms with E-state index in [1.807, 2.05) is 25.9 Å². The highest BCUT2D eigenvalue weighted by Crippen LogP contribution is 1.94. The van der Waals surface area contributed by atoms with Gasteiger partial charge in [0.15, 0.2) is 5.78 Å². The van der Waals surface area contributed by atoms with E-state index in [-0.39, 0.29) is 23.9 Å². The molecule has 0 saturated heterocycles. The number of carbonyl (C=O) groups excluding carboxylic acids is 1. The average molecular weight is 239 g/mol. The lowest BCUT2D eigenvalue weighted by Gasteiger charge is -2.20. The fourth-order valence-corrected chi connectivity index (χ4v) is 1.36. The summed E-state index contributed by atoms with van der Waals surface area (Å²) in [6.07, 6.45) is 1.17. The van der Waals surface area contributed by atoms with E-state index in [2.05, 4.69) is 4.98 Å². The van der Waals surface area contributed by atoms with Crippen molar-refractivity contribution in [2.45, 2.75) is 26.4 Å². The quantitative estimate of drug-likeness (QED) is 0.731. The molecule has 0 aliphatic rings. The molecule has 0 aliphatic carbocycles. The fraction of sp³-hybridized carbons (Fsp3) is 0.545. The summed E-state index contributed by atoms with van der Waals surface area (Å²) in [5.41, 5.74) is -1.01. The maximum atomic E-state index is 11.9. The number of Topliss-reactive ketones (excluding diaryl/α,β-unsaturated/α-hetero) is 1. The molecule has 0 spiro atoms. The highest BCUT2D eigenvalue weighted by molar-refractivity contribution is 5.93. The molecular formula is C11H17N3O3. The standard InChI is InChI=1S/C11H17N3O3/c1-7(13(3)4)6-14-10(16)9(8(2)15)5-12-11(14)17/h5,7H,6H2,1-4H3,(H,12,17). The third-order valence-corrected chi connectivity index (χ3v) is 2.77. The van der Waals surface area contributed by atoms with Crippen LogP contribution in [-0.4, -0.2) is 40.4 Å². The van der Waals surface area contributed by atoms with Crippen molar-refractivity contribution >= 4 is 5.78 Å². The minimum absolute atomic E-state index is 0.00977. The first-order chi connectivity index (χ1) is 7.84. The number of ketones is 1. The Morgan fingerprint density at radius 3 is 2.53 bits per heavy atom. The first kappa shape index (κ1) is 13.4. The van der Waals surface area contributed by atoms with Crippen molar-refractivity contribution in [2.24, 2.45) is 0 Å². The summed E-state index contributed by atoms with van der Waals surface area (Å²) in [6.45, 7) is 3.45. The first-order valence-corrected chi connectivity index (χ1v) is 5.34. The molecule has 0 aromatic carbocycles. The first-order valence-electron chi connectivity index (χ1n) is 5.34. The molecule has 1 aromatic rings.